The van der Waals surface area contributed by atoms with Crippen molar-refractivity contribution in [3.05, 3.63) is 30.3 Å². The fraction of sp³-hybridized carbons (Fsp3) is 0.429. The van der Waals surface area contributed by atoms with Gasteiger partial charge in [0.2, 0.25) is 15.9 Å². The molecule has 0 aliphatic carbocycles. The molecular formula is C14H20N2O6S. The number of carbonyl (C=O) groups excluding carboxylic acids is 1. The van der Waals surface area contributed by atoms with E-state index in [1.54, 1.807) is 37.3 Å². The molecule has 1 rings (SSSR count). The topological polar surface area (TPSA) is 113 Å². The van der Waals surface area contributed by atoms with Gasteiger partial charge < -0.3 is 14.7 Å². The summed E-state index contributed by atoms with van der Waals surface area (Å²) in [6, 6.07) is 8.19. The molecule has 0 fully saturated rings. The fourth-order valence-electron chi connectivity index (χ4n) is 1.72. The number of hydrogen-bond acceptors (Lipinski definition) is 5. The average Bonchev–Trinajstić information content (AvgIpc) is 2.51. The van der Waals surface area contributed by atoms with Crippen LogP contribution in [-0.4, -0.2) is 57.5 Å². The maximum atomic E-state index is 12.2. The number of rotatable bonds is 10. The lowest BCUT2D eigenvalue weighted by atomic mass is 10.3. The van der Waals surface area contributed by atoms with Gasteiger partial charge in [0.1, 0.15) is 6.54 Å². The maximum Gasteiger partial charge on any atom is 0.323 e. The summed E-state index contributed by atoms with van der Waals surface area (Å²) >= 11 is 0. The van der Waals surface area contributed by atoms with Crippen LogP contribution in [0.2, 0.25) is 0 Å². The van der Waals surface area contributed by atoms with Gasteiger partial charge in [-0.1, -0.05) is 18.2 Å². The van der Waals surface area contributed by atoms with Crippen LogP contribution in [0.3, 0.4) is 0 Å². The summed E-state index contributed by atoms with van der Waals surface area (Å²) in [5.74, 6) is -2.11. The predicted octanol–water partition coefficient (Wildman–Crippen LogP) is 0.0601. The van der Waals surface area contributed by atoms with Crippen LogP contribution in [0.1, 0.15) is 6.92 Å². The van der Waals surface area contributed by atoms with E-state index in [1.807, 2.05) is 0 Å². The third-order valence-corrected chi connectivity index (χ3v) is 4.09. The average molecular weight is 344 g/mol. The molecule has 1 aromatic rings. The van der Waals surface area contributed by atoms with Crippen LogP contribution >= 0.6 is 0 Å². The number of anilines is 1. The van der Waals surface area contributed by atoms with Crippen LogP contribution in [0.15, 0.2) is 30.3 Å². The number of hydrogen-bond donors (Lipinski definition) is 2. The van der Waals surface area contributed by atoms with Crippen molar-refractivity contribution in [1.29, 1.82) is 0 Å². The van der Waals surface area contributed by atoms with E-state index in [-0.39, 0.29) is 12.4 Å². The van der Waals surface area contributed by atoms with Crippen molar-refractivity contribution >= 4 is 27.6 Å². The Morgan fingerprint density at radius 1 is 1.26 bits per heavy atom. The number of nitrogens with one attached hydrogen (secondary N) is 1. The minimum atomic E-state index is -3.66. The molecule has 0 bridgehead atoms. The Kier molecular flexibility index (Phi) is 7.66. The Balaban J connectivity index is 2.69. The van der Waals surface area contributed by atoms with E-state index in [0.29, 0.717) is 12.3 Å². The molecule has 1 amide bonds. The number of nitrogens with zero attached hydrogens (tertiary/aromatic N) is 1. The van der Waals surface area contributed by atoms with Gasteiger partial charge in [0.15, 0.2) is 0 Å². The first-order chi connectivity index (χ1) is 10.9. The molecular weight excluding hydrogens is 324 g/mol. The quantitative estimate of drug-likeness (QED) is 0.580. The van der Waals surface area contributed by atoms with Gasteiger partial charge in [-0.05, 0) is 19.1 Å². The standard InChI is InChI=1S/C14H20N2O6S/c1-2-22-8-9-23(20,21)15-10-13(17)16(11-14(18)19)12-6-4-3-5-7-12/h3-7,15H,2,8-11H2,1H3,(H,18,19). The number of aliphatic carboxylic acids is 1. The minimum Gasteiger partial charge on any atom is -0.480 e. The number of para-hydroxylation sites is 1. The third kappa shape index (κ3) is 7.22. The molecule has 0 aliphatic rings. The second-order valence-electron chi connectivity index (χ2n) is 4.55. The fourth-order valence-corrected chi connectivity index (χ4v) is 2.54. The van der Waals surface area contributed by atoms with Crippen molar-refractivity contribution in [2.45, 2.75) is 6.92 Å². The predicted molar refractivity (Wildman–Crippen MR) is 84.7 cm³/mol. The third-order valence-electron chi connectivity index (χ3n) is 2.81. The first-order valence-electron chi connectivity index (χ1n) is 6.98. The van der Waals surface area contributed by atoms with Crippen molar-refractivity contribution in [2.75, 3.05) is 37.0 Å². The van der Waals surface area contributed by atoms with Crippen molar-refractivity contribution in [1.82, 2.24) is 4.72 Å². The lowest BCUT2D eigenvalue weighted by molar-refractivity contribution is -0.136. The molecule has 8 nitrogen and oxygen atoms in total. The summed E-state index contributed by atoms with van der Waals surface area (Å²) in [5.41, 5.74) is 0.383. The van der Waals surface area contributed by atoms with E-state index in [9.17, 15) is 18.0 Å². The monoisotopic (exact) mass is 344 g/mol. The molecule has 0 aromatic heterocycles. The van der Waals surface area contributed by atoms with Crippen molar-refractivity contribution in [3.8, 4) is 0 Å². The van der Waals surface area contributed by atoms with Crippen LogP contribution < -0.4 is 9.62 Å². The summed E-state index contributed by atoms with van der Waals surface area (Å²) in [4.78, 5) is 24.1. The van der Waals surface area contributed by atoms with Crippen LogP contribution in [0.5, 0.6) is 0 Å². The highest BCUT2D eigenvalue weighted by Crippen LogP contribution is 2.13. The van der Waals surface area contributed by atoms with Crippen LogP contribution in [-0.2, 0) is 24.3 Å². The lowest BCUT2D eigenvalue weighted by Gasteiger charge is -2.21. The highest BCUT2D eigenvalue weighted by molar-refractivity contribution is 7.89. The first kappa shape index (κ1) is 19.1. The summed E-state index contributed by atoms with van der Waals surface area (Å²) in [6.07, 6.45) is 0. The first-order valence-corrected chi connectivity index (χ1v) is 8.63. The molecule has 0 unspecified atom stereocenters. The van der Waals surface area contributed by atoms with E-state index in [1.165, 1.54) is 0 Å². The van der Waals surface area contributed by atoms with E-state index >= 15 is 0 Å². The van der Waals surface area contributed by atoms with Gasteiger partial charge in [0.05, 0.1) is 18.9 Å². The van der Waals surface area contributed by atoms with E-state index in [0.717, 1.165) is 4.90 Å². The molecule has 0 aliphatic heterocycles. The van der Waals surface area contributed by atoms with Crippen molar-refractivity contribution in [2.24, 2.45) is 0 Å². The van der Waals surface area contributed by atoms with Crippen molar-refractivity contribution < 1.29 is 27.9 Å². The number of benzene rings is 1. The highest BCUT2D eigenvalue weighted by atomic mass is 32.2. The summed E-state index contributed by atoms with van der Waals surface area (Å²) in [5, 5.41) is 8.92. The number of ether oxygens (including phenoxy) is 1. The molecule has 1 aromatic carbocycles. The summed E-state index contributed by atoms with van der Waals surface area (Å²) < 4.78 is 30.5. The van der Waals surface area contributed by atoms with Gasteiger partial charge >= 0.3 is 5.97 Å². The summed E-state index contributed by atoms with van der Waals surface area (Å²) in [6.45, 7) is 1.10. The van der Waals surface area contributed by atoms with Gasteiger partial charge in [-0.2, -0.15) is 0 Å². The van der Waals surface area contributed by atoms with Gasteiger partial charge in [-0.3, -0.25) is 9.59 Å². The smallest absolute Gasteiger partial charge is 0.323 e. The van der Waals surface area contributed by atoms with Crippen LogP contribution in [0.25, 0.3) is 0 Å². The second kappa shape index (κ2) is 9.23. The Morgan fingerprint density at radius 3 is 2.48 bits per heavy atom. The Labute approximate surface area is 135 Å². The maximum absolute atomic E-state index is 12.2. The number of carboxylic acid groups (broad SMARTS) is 1. The number of sulfonamides is 1. The molecule has 128 valence electrons. The second-order valence-corrected chi connectivity index (χ2v) is 6.47. The molecule has 23 heavy (non-hydrogen) atoms. The number of carboxylic acids is 1. The number of carbonyl (C=O) groups is 2. The SMILES string of the molecule is CCOCCS(=O)(=O)NCC(=O)N(CC(=O)O)c1ccccc1. The molecule has 9 heteroatoms. The zero-order valence-electron chi connectivity index (χ0n) is 12.8. The van der Waals surface area contributed by atoms with E-state index < -0.39 is 35.0 Å². The lowest BCUT2D eigenvalue weighted by Crippen LogP contribution is -2.43. The Morgan fingerprint density at radius 2 is 1.91 bits per heavy atom. The van der Waals surface area contributed by atoms with Gasteiger partial charge in [0, 0.05) is 12.3 Å². The molecule has 0 saturated carbocycles. The van der Waals surface area contributed by atoms with E-state index in [4.69, 9.17) is 9.84 Å². The van der Waals surface area contributed by atoms with Gasteiger partial charge in [-0.25, -0.2) is 13.1 Å². The van der Waals surface area contributed by atoms with Crippen LogP contribution in [0.4, 0.5) is 5.69 Å². The largest absolute Gasteiger partial charge is 0.480 e. The zero-order valence-corrected chi connectivity index (χ0v) is 13.6. The zero-order chi connectivity index (χ0) is 17.3. The van der Waals surface area contributed by atoms with Crippen molar-refractivity contribution in [3.63, 3.8) is 0 Å². The molecule has 0 spiro atoms. The summed E-state index contributed by atoms with van der Waals surface area (Å²) in [7, 11) is -3.66. The Hall–Kier alpha value is -1.97. The normalized spacial score (nSPS) is 11.2. The molecule has 0 heterocycles. The van der Waals surface area contributed by atoms with Crippen LogP contribution in [0, 0.1) is 0 Å². The molecule has 0 atom stereocenters. The molecule has 2 N–H and O–H groups in total. The highest BCUT2D eigenvalue weighted by Gasteiger charge is 2.20. The molecule has 0 saturated heterocycles. The number of amides is 1. The molecule has 0 radical (unpaired) electrons. The Bertz CT molecular complexity index is 617. The van der Waals surface area contributed by atoms with Gasteiger partial charge in [-0.15, -0.1) is 0 Å². The van der Waals surface area contributed by atoms with E-state index in [2.05, 4.69) is 4.72 Å². The van der Waals surface area contributed by atoms with Gasteiger partial charge in [0.25, 0.3) is 0 Å². The minimum absolute atomic E-state index is 0.0253.